The number of hydrogen-bond donors (Lipinski definition) is 2. The van der Waals surface area contributed by atoms with E-state index in [1.807, 2.05) is 44.2 Å². The molecule has 0 saturated carbocycles. The second kappa shape index (κ2) is 8.40. The molecule has 1 atom stereocenters. The van der Waals surface area contributed by atoms with Crippen molar-refractivity contribution in [3.63, 3.8) is 0 Å². The number of amides is 2. The number of carbonyl (C=O) groups is 2. The summed E-state index contributed by atoms with van der Waals surface area (Å²) < 4.78 is 11.2. The minimum Gasteiger partial charge on any atom is -0.493 e. The molecule has 0 radical (unpaired) electrons. The van der Waals surface area contributed by atoms with E-state index in [9.17, 15) is 9.59 Å². The average Bonchev–Trinajstić information content (AvgIpc) is 3.11. The summed E-state index contributed by atoms with van der Waals surface area (Å²) in [6, 6.07) is 16.2. The summed E-state index contributed by atoms with van der Waals surface area (Å²) in [5.74, 6) is 0.502. The Morgan fingerprint density at radius 2 is 1.85 bits per heavy atom. The molecule has 2 aromatic carbocycles. The van der Waals surface area contributed by atoms with Crippen molar-refractivity contribution < 1.29 is 18.7 Å². The maximum Gasteiger partial charge on any atom is 0.255 e. The van der Waals surface area contributed by atoms with Crippen molar-refractivity contribution >= 4 is 22.8 Å². The van der Waals surface area contributed by atoms with Gasteiger partial charge in [0.1, 0.15) is 17.1 Å². The first-order valence-electron chi connectivity index (χ1n) is 8.86. The van der Waals surface area contributed by atoms with E-state index in [0.29, 0.717) is 23.7 Å². The number of nitrogens with one attached hydrogen (secondary N) is 2. The summed E-state index contributed by atoms with van der Waals surface area (Å²) in [5.41, 5.74) is 1.17. The predicted octanol–water partition coefficient (Wildman–Crippen LogP) is 3.44. The molecular weight excluding hydrogens is 344 g/mol. The van der Waals surface area contributed by atoms with Gasteiger partial charge in [-0.15, -0.1) is 0 Å². The molecular formula is C21H22N2O4. The van der Waals surface area contributed by atoms with Crippen molar-refractivity contribution in [2.24, 2.45) is 0 Å². The third-order valence-corrected chi connectivity index (χ3v) is 4.09. The van der Waals surface area contributed by atoms with Gasteiger partial charge in [0.15, 0.2) is 0 Å². The van der Waals surface area contributed by atoms with Crippen molar-refractivity contribution in [3.05, 3.63) is 65.9 Å². The summed E-state index contributed by atoms with van der Waals surface area (Å²) in [7, 11) is 0. The molecule has 0 spiro atoms. The van der Waals surface area contributed by atoms with Gasteiger partial charge >= 0.3 is 0 Å². The molecule has 140 valence electrons. The standard InChI is InChI=1S/C21H22N2O4/c1-3-26-18-11-7-5-9-16(18)21(25)22-13-20(24)23-14(2)19-12-15-8-4-6-10-17(15)27-19/h4-12,14H,3,13H2,1-2H3,(H,22,25)(H,23,24). The Kier molecular flexibility index (Phi) is 5.76. The molecule has 1 unspecified atom stereocenters. The zero-order chi connectivity index (χ0) is 19.2. The van der Waals surface area contributed by atoms with Gasteiger partial charge in [0.2, 0.25) is 5.91 Å². The first-order valence-corrected chi connectivity index (χ1v) is 8.86. The number of benzene rings is 2. The van der Waals surface area contributed by atoms with E-state index in [1.165, 1.54) is 0 Å². The molecule has 0 aliphatic heterocycles. The fraction of sp³-hybridized carbons (Fsp3) is 0.238. The van der Waals surface area contributed by atoms with E-state index < -0.39 is 0 Å². The molecule has 0 saturated heterocycles. The van der Waals surface area contributed by atoms with Crippen LogP contribution in [-0.4, -0.2) is 25.0 Å². The zero-order valence-corrected chi connectivity index (χ0v) is 15.3. The van der Waals surface area contributed by atoms with Crippen molar-refractivity contribution in [2.45, 2.75) is 19.9 Å². The third-order valence-electron chi connectivity index (χ3n) is 4.09. The van der Waals surface area contributed by atoms with Crippen LogP contribution >= 0.6 is 0 Å². The molecule has 1 heterocycles. The van der Waals surface area contributed by atoms with Crippen LogP contribution in [0.25, 0.3) is 11.0 Å². The Balaban J connectivity index is 1.57. The van der Waals surface area contributed by atoms with Gasteiger partial charge in [-0.1, -0.05) is 30.3 Å². The highest BCUT2D eigenvalue weighted by molar-refractivity contribution is 5.98. The summed E-state index contributed by atoms with van der Waals surface area (Å²) in [6.07, 6.45) is 0. The Morgan fingerprint density at radius 3 is 2.63 bits per heavy atom. The molecule has 2 N–H and O–H groups in total. The summed E-state index contributed by atoms with van der Waals surface area (Å²) in [4.78, 5) is 24.5. The highest BCUT2D eigenvalue weighted by Gasteiger charge is 2.16. The van der Waals surface area contributed by atoms with Gasteiger partial charge in [-0.05, 0) is 38.1 Å². The summed E-state index contributed by atoms with van der Waals surface area (Å²) in [5, 5.41) is 6.43. The zero-order valence-electron chi connectivity index (χ0n) is 15.3. The maximum absolute atomic E-state index is 12.3. The monoisotopic (exact) mass is 366 g/mol. The van der Waals surface area contributed by atoms with Crippen LogP contribution in [0, 0.1) is 0 Å². The number of furan rings is 1. The van der Waals surface area contributed by atoms with Crippen LogP contribution in [-0.2, 0) is 4.79 Å². The van der Waals surface area contributed by atoms with Crippen LogP contribution in [0.5, 0.6) is 5.75 Å². The van der Waals surface area contributed by atoms with E-state index >= 15 is 0 Å². The lowest BCUT2D eigenvalue weighted by molar-refractivity contribution is -0.120. The predicted molar refractivity (Wildman–Crippen MR) is 103 cm³/mol. The number of rotatable bonds is 7. The fourth-order valence-corrected chi connectivity index (χ4v) is 2.77. The van der Waals surface area contributed by atoms with Crippen LogP contribution in [0.2, 0.25) is 0 Å². The third kappa shape index (κ3) is 4.47. The number of hydrogen-bond acceptors (Lipinski definition) is 4. The van der Waals surface area contributed by atoms with Crippen molar-refractivity contribution in [2.75, 3.05) is 13.2 Å². The molecule has 0 bridgehead atoms. The number of ether oxygens (including phenoxy) is 1. The minimum absolute atomic E-state index is 0.135. The molecule has 27 heavy (non-hydrogen) atoms. The Bertz CT molecular complexity index is 915. The highest BCUT2D eigenvalue weighted by Crippen LogP contribution is 2.23. The lowest BCUT2D eigenvalue weighted by atomic mass is 10.2. The van der Waals surface area contributed by atoms with Crippen LogP contribution in [0.15, 0.2) is 59.0 Å². The smallest absolute Gasteiger partial charge is 0.255 e. The maximum atomic E-state index is 12.3. The van der Waals surface area contributed by atoms with Crippen molar-refractivity contribution in [1.82, 2.24) is 10.6 Å². The summed E-state index contributed by atoms with van der Waals surface area (Å²) in [6.45, 7) is 4.01. The van der Waals surface area contributed by atoms with Gasteiger partial charge in [0, 0.05) is 5.39 Å². The molecule has 0 aliphatic carbocycles. The van der Waals surface area contributed by atoms with E-state index in [4.69, 9.17) is 9.15 Å². The van der Waals surface area contributed by atoms with E-state index in [0.717, 1.165) is 11.0 Å². The van der Waals surface area contributed by atoms with Gasteiger partial charge in [-0.3, -0.25) is 9.59 Å². The minimum atomic E-state index is -0.356. The molecule has 0 aliphatic rings. The SMILES string of the molecule is CCOc1ccccc1C(=O)NCC(=O)NC(C)c1cc2ccccc2o1. The van der Waals surface area contributed by atoms with Crippen LogP contribution in [0.4, 0.5) is 0 Å². The molecule has 6 heteroatoms. The largest absolute Gasteiger partial charge is 0.493 e. The Morgan fingerprint density at radius 1 is 1.11 bits per heavy atom. The second-order valence-corrected chi connectivity index (χ2v) is 6.09. The van der Waals surface area contributed by atoms with Gasteiger partial charge in [-0.25, -0.2) is 0 Å². The van der Waals surface area contributed by atoms with E-state index in [1.54, 1.807) is 24.3 Å². The molecule has 1 aromatic heterocycles. The lowest BCUT2D eigenvalue weighted by Crippen LogP contribution is -2.38. The van der Waals surface area contributed by atoms with Gasteiger partial charge in [0.05, 0.1) is 24.8 Å². The number of carbonyl (C=O) groups excluding carboxylic acids is 2. The van der Waals surface area contributed by atoms with Crippen molar-refractivity contribution in [1.29, 1.82) is 0 Å². The Labute approximate surface area is 157 Å². The summed E-state index contributed by atoms with van der Waals surface area (Å²) >= 11 is 0. The average molecular weight is 366 g/mol. The Hall–Kier alpha value is -3.28. The van der Waals surface area contributed by atoms with Gasteiger partial charge in [0.25, 0.3) is 5.91 Å². The molecule has 2 amide bonds. The van der Waals surface area contributed by atoms with E-state index in [-0.39, 0.29) is 24.4 Å². The van der Waals surface area contributed by atoms with E-state index in [2.05, 4.69) is 10.6 Å². The fourth-order valence-electron chi connectivity index (χ4n) is 2.77. The lowest BCUT2D eigenvalue weighted by Gasteiger charge is -2.13. The first kappa shape index (κ1) is 18.5. The molecule has 6 nitrogen and oxygen atoms in total. The normalized spacial score (nSPS) is 11.8. The van der Waals surface area contributed by atoms with Gasteiger partial charge in [-0.2, -0.15) is 0 Å². The van der Waals surface area contributed by atoms with Crippen LogP contribution in [0.1, 0.15) is 36.0 Å². The topological polar surface area (TPSA) is 80.6 Å². The molecule has 0 fully saturated rings. The first-order chi connectivity index (χ1) is 13.1. The molecule has 3 aromatic rings. The van der Waals surface area contributed by atoms with Crippen LogP contribution in [0.3, 0.4) is 0 Å². The van der Waals surface area contributed by atoms with Crippen LogP contribution < -0.4 is 15.4 Å². The second-order valence-electron chi connectivity index (χ2n) is 6.09. The molecule has 3 rings (SSSR count). The highest BCUT2D eigenvalue weighted by atomic mass is 16.5. The quantitative estimate of drug-likeness (QED) is 0.671. The number of para-hydroxylation sites is 2. The van der Waals surface area contributed by atoms with Crippen molar-refractivity contribution in [3.8, 4) is 5.75 Å². The number of fused-ring (bicyclic) bond motifs is 1. The van der Waals surface area contributed by atoms with Gasteiger partial charge < -0.3 is 19.8 Å².